The second-order valence-electron chi connectivity index (χ2n) is 6.19. The molecular weight excluding hydrogens is 384 g/mol. The maximum atomic E-state index is 10.4. The van der Waals surface area contributed by atoms with Crippen molar-refractivity contribution in [1.82, 2.24) is 4.98 Å². The summed E-state index contributed by atoms with van der Waals surface area (Å²) in [6.07, 6.45) is 0. The Hall–Kier alpha value is -4.15. The van der Waals surface area contributed by atoms with Crippen LogP contribution in [0.25, 0.3) is 10.9 Å². The van der Waals surface area contributed by atoms with Gasteiger partial charge in [0, 0.05) is 11.1 Å². The fourth-order valence-electron chi connectivity index (χ4n) is 2.46. The largest absolute Gasteiger partial charge is 0.497 e. The lowest BCUT2D eigenvalue weighted by Gasteiger charge is -2.03. The zero-order valence-corrected chi connectivity index (χ0v) is 15.6. The van der Waals surface area contributed by atoms with Crippen LogP contribution in [-0.4, -0.2) is 24.9 Å². The number of hydrogen-bond donors (Lipinski definition) is 1. The number of aromatic hydroxyl groups is 1. The molecule has 0 saturated carbocycles. The Balaban J connectivity index is 0.000000211. The summed E-state index contributed by atoms with van der Waals surface area (Å²) in [7, 11) is 0. The van der Waals surface area contributed by atoms with Crippen molar-refractivity contribution in [3.8, 4) is 5.75 Å². The quantitative estimate of drug-likeness (QED) is 0.503. The van der Waals surface area contributed by atoms with E-state index in [9.17, 15) is 30.3 Å². The van der Waals surface area contributed by atoms with Crippen molar-refractivity contribution in [3.63, 3.8) is 0 Å². The average Bonchev–Trinajstić information content (AvgIpc) is 2.63. The monoisotopic (exact) mass is 400 g/mol. The smallest absolute Gasteiger partial charge is 0.324 e. The standard InChI is InChI=1S/C12H13N.C6H3N3O7/c1-8-6-11-5-4-10(3)13-12(11)7-9(8)2;10-6-4(8(13)14)1-3(7(11)12)2-5(6)9(15)16/h4-7H,1-3H3;1-2,10H. The molecule has 11 heteroatoms. The van der Waals surface area contributed by atoms with Crippen LogP contribution in [0, 0.1) is 51.1 Å². The third-order valence-electron chi connectivity index (χ3n) is 4.10. The van der Waals surface area contributed by atoms with Gasteiger partial charge in [-0.3, -0.25) is 35.3 Å². The van der Waals surface area contributed by atoms with E-state index in [1.54, 1.807) is 0 Å². The number of benzene rings is 2. The van der Waals surface area contributed by atoms with Crippen molar-refractivity contribution < 1.29 is 19.9 Å². The number of rotatable bonds is 3. The van der Waals surface area contributed by atoms with Gasteiger partial charge < -0.3 is 5.11 Å². The number of pyridine rings is 1. The van der Waals surface area contributed by atoms with Crippen LogP contribution in [0.2, 0.25) is 0 Å². The predicted octanol–water partition coefficient (Wildman–Crippen LogP) is 4.28. The molecule has 3 rings (SSSR count). The first-order valence-corrected chi connectivity index (χ1v) is 8.16. The highest BCUT2D eigenvalue weighted by Crippen LogP contribution is 2.38. The Labute approximate surface area is 163 Å². The number of aryl methyl sites for hydroxylation is 3. The van der Waals surface area contributed by atoms with Crippen molar-refractivity contribution in [3.05, 3.63) is 83.6 Å². The summed E-state index contributed by atoms with van der Waals surface area (Å²) in [5, 5.41) is 41.4. The Morgan fingerprint density at radius 1 is 0.793 bits per heavy atom. The highest BCUT2D eigenvalue weighted by molar-refractivity contribution is 5.80. The van der Waals surface area contributed by atoms with Gasteiger partial charge in [0.2, 0.25) is 0 Å². The van der Waals surface area contributed by atoms with Gasteiger partial charge in [-0.15, -0.1) is 0 Å². The molecule has 0 aliphatic carbocycles. The second-order valence-corrected chi connectivity index (χ2v) is 6.19. The molecule has 2 aromatic carbocycles. The maximum Gasteiger partial charge on any atom is 0.324 e. The summed E-state index contributed by atoms with van der Waals surface area (Å²) in [5.41, 5.74) is 1.82. The number of fused-ring (bicyclic) bond motifs is 1. The molecular formula is C18H16N4O7. The zero-order chi connectivity index (χ0) is 21.9. The van der Waals surface area contributed by atoms with Gasteiger partial charge in [-0.25, -0.2) is 0 Å². The summed E-state index contributed by atoms with van der Waals surface area (Å²) in [6.45, 7) is 6.28. The molecule has 1 N–H and O–H groups in total. The summed E-state index contributed by atoms with van der Waals surface area (Å²) < 4.78 is 0. The molecule has 1 heterocycles. The fourth-order valence-corrected chi connectivity index (χ4v) is 2.46. The van der Waals surface area contributed by atoms with Gasteiger partial charge in [0.15, 0.2) is 0 Å². The number of non-ortho nitro benzene ring substituents is 1. The molecule has 0 atom stereocenters. The fraction of sp³-hybridized carbons (Fsp3) is 0.167. The molecule has 0 amide bonds. The third kappa shape index (κ3) is 4.77. The van der Waals surface area contributed by atoms with Crippen LogP contribution in [0.1, 0.15) is 16.8 Å². The molecule has 0 aliphatic rings. The Morgan fingerprint density at radius 3 is 1.79 bits per heavy atom. The van der Waals surface area contributed by atoms with E-state index in [0.29, 0.717) is 12.1 Å². The highest BCUT2D eigenvalue weighted by Gasteiger charge is 2.30. The number of nitrogens with zero attached hydrogens (tertiary/aromatic N) is 4. The van der Waals surface area contributed by atoms with E-state index in [-0.39, 0.29) is 0 Å². The van der Waals surface area contributed by atoms with Crippen molar-refractivity contribution in [2.75, 3.05) is 0 Å². The average molecular weight is 400 g/mol. The number of aromatic nitrogens is 1. The summed E-state index contributed by atoms with van der Waals surface area (Å²) >= 11 is 0. The van der Waals surface area contributed by atoms with E-state index in [4.69, 9.17) is 5.11 Å². The Morgan fingerprint density at radius 2 is 1.31 bits per heavy atom. The van der Waals surface area contributed by atoms with E-state index in [1.807, 2.05) is 6.92 Å². The minimum absolute atomic E-state index is 0.447. The van der Waals surface area contributed by atoms with Crippen LogP contribution in [0.5, 0.6) is 5.75 Å². The molecule has 0 radical (unpaired) electrons. The molecule has 0 bridgehead atoms. The molecule has 3 aromatic rings. The molecule has 0 saturated heterocycles. The molecule has 0 fully saturated rings. The first-order valence-electron chi connectivity index (χ1n) is 8.16. The molecule has 150 valence electrons. The van der Waals surface area contributed by atoms with Crippen LogP contribution in [-0.2, 0) is 0 Å². The topological polar surface area (TPSA) is 163 Å². The van der Waals surface area contributed by atoms with Gasteiger partial charge in [-0.1, -0.05) is 6.07 Å². The third-order valence-corrected chi connectivity index (χ3v) is 4.10. The summed E-state index contributed by atoms with van der Waals surface area (Å²) in [4.78, 5) is 32.2. The van der Waals surface area contributed by atoms with Crippen LogP contribution in [0.15, 0.2) is 36.4 Å². The number of phenolic OH excluding ortho intramolecular Hbond substituents is 1. The minimum atomic E-state index is -1.21. The number of hydrogen-bond acceptors (Lipinski definition) is 8. The first-order chi connectivity index (χ1) is 13.5. The van der Waals surface area contributed by atoms with Crippen molar-refractivity contribution >= 4 is 28.0 Å². The van der Waals surface area contributed by atoms with Gasteiger partial charge in [-0.2, -0.15) is 0 Å². The van der Waals surface area contributed by atoms with E-state index < -0.39 is 37.6 Å². The molecule has 11 nitrogen and oxygen atoms in total. The van der Waals surface area contributed by atoms with E-state index in [0.717, 1.165) is 11.2 Å². The SMILES string of the molecule is Cc1ccc2cc(C)c(C)cc2n1.O=[N+]([O-])c1cc([N+](=O)[O-])c(O)c([N+](=O)[O-])c1. The van der Waals surface area contributed by atoms with Gasteiger partial charge in [0.1, 0.15) is 0 Å². The number of nitro benzene ring substituents is 3. The lowest BCUT2D eigenvalue weighted by Crippen LogP contribution is -1.97. The molecule has 29 heavy (non-hydrogen) atoms. The van der Waals surface area contributed by atoms with E-state index in [2.05, 4.69) is 43.1 Å². The summed E-state index contributed by atoms with van der Waals surface area (Å²) in [6, 6.07) is 9.42. The molecule has 0 unspecified atom stereocenters. The predicted molar refractivity (Wildman–Crippen MR) is 104 cm³/mol. The number of nitro groups is 3. The van der Waals surface area contributed by atoms with Gasteiger partial charge in [0.25, 0.3) is 11.4 Å². The minimum Gasteiger partial charge on any atom is -0.497 e. The van der Waals surface area contributed by atoms with Crippen molar-refractivity contribution in [1.29, 1.82) is 0 Å². The Bertz CT molecular complexity index is 1110. The van der Waals surface area contributed by atoms with Gasteiger partial charge in [0.05, 0.1) is 32.4 Å². The summed E-state index contributed by atoms with van der Waals surface area (Å²) in [5.74, 6) is -1.21. The van der Waals surface area contributed by atoms with Gasteiger partial charge in [-0.05, 0) is 50.1 Å². The second kappa shape index (κ2) is 8.25. The van der Waals surface area contributed by atoms with Gasteiger partial charge >= 0.3 is 11.4 Å². The lowest BCUT2D eigenvalue weighted by molar-refractivity contribution is -0.404. The normalized spacial score (nSPS) is 10.2. The molecule has 1 aromatic heterocycles. The van der Waals surface area contributed by atoms with Crippen LogP contribution in [0.3, 0.4) is 0 Å². The Kier molecular flexibility index (Phi) is 6.02. The zero-order valence-electron chi connectivity index (χ0n) is 15.6. The number of phenols is 1. The molecule has 0 aliphatic heterocycles. The van der Waals surface area contributed by atoms with Crippen LogP contribution >= 0.6 is 0 Å². The van der Waals surface area contributed by atoms with E-state index in [1.165, 1.54) is 16.5 Å². The highest BCUT2D eigenvalue weighted by atomic mass is 16.6. The molecule has 0 spiro atoms. The first kappa shape index (κ1) is 21.2. The van der Waals surface area contributed by atoms with Crippen LogP contribution < -0.4 is 0 Å². The lowest BCUT2D eigenvalue weighted by atomic mass is 10.1. The van der Waals surface area contributed by atoms with Crippen LogP contribution in [0.4, 0.5) is 17.1 Å². The van der Waals surface area contributed by atoms with Crippen molar-refractivity contribution in [2.24, 2.45) is 0 Å². The van der Waals surface area contributed by atoms with Crippen molar-refractivity contribution in [2.45, 2.75) is 20.8 Å². The van der Waals surface area contributed by atoms with E-state index >= 15 is 0 Å². The maximum absolute atomic E-state index is 10.4.